The Balaban J connectivity index is 1.43. The standard InChI is InChI=1S/C27H47N3O4/c1-18(29-34-25(33)30(15-16-31)14-13-28-4)22-7-8-23-21-6-5-19-17-20(32)9-11-26(19,2)24(21)10-12-27(22,23)3/h19-24,28,31-32H,5-17H2,1-4H3/b29-18+/t19-,20-,21+,22-,23+,24+,26+,27-/m1/s1. The van der Waals surface area contributed by atoms with E-state index < -0.39 is 6.09 Å². The van der Waals surface area contributed by atoms with Crippen LogP contribution >= 0.6 is 0 Å². The number of oxime groups is 1. The Morgan fingerprint density at radius 3 is 2.53 bits per heavy atom. The molecule has 4 fully saturated rings. The Morgan fingerprint density at radius 1 is 1.06 bits per heavy atom. The number of hydrogen-bond donors (Lipinski definition) is 3. The van der Waals surface area contributed by atoms with Crippen LogP contribution in [0.5, 0.6) is 0 Å². The van der Waals surface area contributed by atoms with Crippen molar-refractivity contribution in [3.63, 3.8) is 0 Å². The molecular weight excluding hydrogens is 430 g/mol. The number of hydrogen-bond acceptors (Lipinski definition) is 6. The van der Waals surface area contributed by atoms with Gasteiger partial charge in [-0.2, -0.15) is 0 Å². The van der Waals surface area contributed by atoms with Gasteiger partial charge in [-0.05, 0) is 106 Å². The Kier molecular flexibility index (Phi) is 7.95. The first kappa shape index (κ1) is 25.9. The summed E-state index contributed by atoms with van der Waals surface area (Å²) in [5.41, 5.74) is 1.55. The van der Waals surface area contributed by atoms with Crippen molar-refractivity contribution in [3.8, 4) is 0 Å². The van der Waals surface area contributed by atoms with Crippen LogP contribution in [-0.2, 0) is 4.84 Å². The second-order valence-corrected chi connectivity index (χ2v) is 12.2. The fourth-order valence-corrected chi connectivity index (χ4v) is 8.82. The summed E-state index contributed by atoms with van der Waals surface area (Å²) in [6, 6.07) is 0. The van der Waals surface area contributed by atoms with E-state index in [2.05, 4.69) is 24.3 Å². The van der Waals surface area contributed by atoms with Gasteiger partial charge in [0.1, 0.15) is 0 Å². The molecule has 194 valence electrons. The minimum Gasteiger partial charge on any atom is -0.395 e. The molecule has 0 radical (unpaired) electrons. The summed E-state index contributed by atoms with van der Waals surface area (Å²) in [5.74, 6) is 3.31. The highest BCUT2D eigenvalue weighted by Gasteiger charge is 2.60. The number of fused-ring (bicyclic) bond motifs is 5. The van der Waals surface area contributed by atoms with E-state index in [0.29, 0.717) is 36.3 Å². The number of carbonyl (C=O) groups is 1. The Bertz CT molecular complexity index is 760. The predicted molar refractivity (Wildman–Crippen MR) is 133 cm³/mol. The van der Waals surface area contributed by atoms with Crippen molar-refractivity contribution >= 4 is 11.8 Å². The Labute approximate surface area is 205 Å². The maximum Gasteiger partial charge on any atom is 0.436 e. The molecule has 7 nitrogen and oxygen atoms in total. The van der Waals surface area contributed by atoms with Crippen molar-refractivity contribution in [3.05, 3.63) is 0 Å². The fraction of sp³-hybridized carbons (Fsp3) is 0.926. The van der Waals surface area contributed by atoms with Gasteiger partial charge < -0.3 is 20.4 Å². The molecule has 4 saturated carbocycles. The molecule has 4 aliphatic carbocycles. The highest BCUT2D eigenvalue weighted by atomic mass is 16.7. The van der Waals surface area contributed by atoms with Gasteiger partial charge in [-0.3, -0.25) is 4.84 Å². The number of nitrogens with zero attached hydrogens (tertiary/aromatic N) is 2. The van der Waals surface area contributed by atoms with E-state index >= 15 is 0 Å². The number of likely N-dealkylation sites (N-methyl/N-ethyl adjacent to an activating group) is 1. The number of amides is 1. The molecule has 0 saturated heterocycles. The van der Waals surface area contributed by atoms with Gasteiger partial charge in [0.25, 0.3) is 0 Å². The third-order valence-corrected chi connectivity index (χ3v) is 10.7. The zero-order chi connectivity index (χ0) is 24.5. The zero-order valence-corrected chi connectivity index (χ0v) is 21.8. The van der Waals surface area contributed by atoms with Crippen LogP contribution < -0.4 is 5.32 Å². The molecule has 0 spiro atoms. The number of carbonyl (C=O) groups excluding carboxylic acids is 1. The minimum absolute atomic E-state index is 0.0903. The van der Waals surface area contributed by atoms with E-state index in [1.165, 1.54) is 43.4 Å². The van der Waals surface area contributed by atoms with E-state index in [4.69, 9.17) is 4.84 Å². The third-order valence-electron chi connectivity index (χ3n) is 10.7. The smallest absolute Gasteiger partial charge is 0.395 e. The Hall–Kier alpha value is -1.18. The summed E-state index contributed by atoms with van der Waals surface area (Å²) in [5, 5.41) is 26.9. The number of aliphatic hydroxyl groups excluding tert-OH is 2. The third kappa shape index (κ3) is 4.64. The zero-order valence-electron chi connectivity index (χ0n) is 21.8. The summed E-state index contributed by atoms with van der Waals surface area (Å²) < 4.78 is 0. The summed E-state index contributed by atoms with van der Waals surface area (Å²) in [6.07, 6.45) is 10.0. The molecule has 4 rings (SSSR count). The van der Waals surface area contributed by atoms with E-state index in [1.54, 1.807) is 0 Å². The van der Waals surface area contributed by atoms with Crippen LogP contribution in [0.1, 0.15) is 78.6 Å². The van der Waals surface area contributed by atoms with Gasteiger partial charge in [0.05, 0.1) is 18.4 Å². The van der Waals surface area contributed by atoms with Crippen LogP contribution in [0.4, 0.5) is 4.79 Å². The van der Waals surface area contributed by atoms with E-state index in [0.717, 1.165) is 36.8 Å². The lowest BCUT2D eigenvalue weighted by molar-refractivity contribution is -0.123. The average Bonchev–Trinajstić information content (AvgIpc) is 3.17. The molecule has 0 bridgehead atoms. The minimum atomic E-state index is -0.488. The van der Waals surface area contributed by atoms with Crippen LogP contribution in [0.2, 0.25) is 0 Å². The molecular formula is C27H47N3O4. The molecule has 34 heavy (non-hydrogen) atoms. The van der Waals surface area contributed by atoms with Crippen molar-refractivity contribution in [2.45, 2.75) is 84.7 Å². The number of aliphatic hydroxyl groups is 2. The quantitative estimate of drug-likeness (QED) is 0.292. The fourth-order valence-electron chi connectivity index (χ4n) is 8.82. The highest BCUT2D eigenvalue weighted by molar-refractivity contribution is 5.85. The van der Waals surface area contributed by atoms with E-state index in [9.17, 15) is 15.0 Å². The lowest BCUT2D eigenvalue weighted by Gasteiger charge is -2.61. The molecule has 4 aliphatic rings. The van der Waals surface area contributed by atoms with E-state index in [1.807, 2.05) is 14.0 Å². The first-order valence-electron chi connectivity index (χ1n) is 13.7. The summed E-state index contributed by atoms with van der Waals surface area (Å²) in [7, 11) is 1.83. The number of nitrogens with one attached hydrogen (secondary N) is 1. The Morgan fingerprint density at radius 2 is 1.79 bits per heavy atom. The van der Waals surface area contributed by atoms with Gasteiger partial charge in [-0.25, -0.2) is 4.79 Å². The second-order valence-electron chi connectivity index (χ2n) is 12.2. The van der Waals surface area contributed by atoms with Crippen molar-refractivity contribution in [1.29, 1.82) is 0 Å². The van der Waals surface area contributed by atoms with Crippen molar-refractivity contribution in [2.24, 2.45) is 45.6 Å². The van der Waals surface area contributed by atoms with Gasteiger partial charge in [0, 0.05) is 25.6 Å². The average molecular weight is 478 g/mol. The molecule has 0 heterocycles. The molecule has 0 aromatic rings. The van der Waals surface area contributed by atoms with Crippen molar-refractivity contribution < 1.29 is 19.8 Å². The monoisotopic (exact) mass is 477 g/mol. The molecule has 0 aromatic carbocycles. The first-order valence-corrected chi connectivity index (χ1v) is 13.7. The summed E-state index contributed by atoms with van der Waals surface area (Å²) in [4.78, 5) is 19.4. The largest absolute Gasteiger partial charge is 0.436 e. The highest BCUT2D eigenvalue weighted by Crippen LogP contribution is 2.67. The molecule has 0 aromatic heterocycles. The number of rotatable bonds is 7. The van der Waals surface area contributed by atoms with Gasteiger partial charge in [-0.15, -0.1) is 0 Å². The molecule has 0 unspecified atom stereocenters. The van der Waals surface area contributed by atoms with Crippen molar-refractivity contribution in [1.82, 2.24) is 10.2 Å². The normalized spacial score (nSPS) is 41.9. The van der Waals surface area contributed by atoms with Crippen molar-refractivity contribution in [2.75, 3.05) is 33.3 Å². The molecule has 0 aliphatic heterocycles. The predicted octanol–water partition coefficient (Wildman–Crippen LogP) is 4.03. The van der Waals surface area contributed by atoms with Gasteiger partial charge >= 0.3 is 6.09 Å². The maximum atomic E-state index is 12.5. The lowest BCUT2D eigenvalue weighted by Crippen LogP contribution is -2.54. The summed E-state index contributed by atoms with van der Waals surface area (Å²) in [6.45, 7) is 8.31. The second kappa shape index (κ2) is 10.4. The SMILES string of the molecule is CNCCN(CCO)C(=O)O/N=C(\C)[C@H]1CC[C@H]2[C@@H]3CC[C@@H]4C[C@H](O)CC[C@]4(C)[C@H]3CC[C@]12C. The van der Waals surface area contributed by atoms with Crippen LogP contribution in [0.15, 0.2) is 5.16 Å². The van der Waals surface area contributed by atoms with Gasteiger partial charge in [0.2, 0.25) is 0 Å². The topological polar surface area (TPSA) is 94.4 Å². The van der Waals surface area contributed by atoms with Crippen LogP contribution in [0.25, 0.3) is 0 Å². The lowest BCUT2D eigenvalue weighted by atomic mass is 9.44. The first-order chi connectivity index (χ1) is 16.2. The van der Waals surface area contributed by atoms with Crippen LogP contribution in [-0.4, -0.2) is 66.3 Å². The van der Waals surface area contributed by atoms with Gasteiger partial charge in [-0.1, -0.05) is 19.0 Å². The van der Waals surface area contributed by atoms with Crippen LogP contribution in [0, 0.1) is 40.4 Å². The summed E-state index contributed by atoms with van der Waals surface area (Å²) >= 11 is 0. The van der Waals surface area contributed by atoms with E-state index in [-0.39, 0.29) is 24.7 Å². The molecule has 7 heteroatoms. The maximum absolute atomic E-state index is 12.5. The molecule has 8 atom stereocenters. The van der Waals surface area contributed by atoms with Crippen LogP contribution in [0.3, 0.4) is 0 Å². The molecule has 1 amide bonds. The van der Waals surface area contributed by atoms with Gasteiger partial charge in [0.15, 0.2) is 0 Å². The molecule has 3 N–H and O–H groups in total.